The van der Waals surface area contributed by atoms with Crippen LogP contribution in [0.25, 0.3) is 0 Å². The van der Waals surface area contributed by atoms with Crippen LogP contribution in [0, 0.1) is 13.8 Å². The number of nitrogens with zero attached hydrogens (tertiary/aromatic N) is 1. The van der Waals surface area contributed by atoms with Crippen LogP contribution in [0.4, 0.5) is 5.69 Å². The molecule has 82 valence electrons. The van der Waals surface area contributed by atoms with E-state index in [1.54, 1.807) is 11.6 Å². The molecule has 0 saturated carbocycles. The lowest BCUT2D eigenvalue weighted by atomic mass is 10.1. The fourth-order valence-electron chi connectivity index (χ4n) is 1.38. The van der Waals surface area contributed by atoms with Crippen LogP contribution < -0.4 is 5.32 Å². The van der Waals surface area contributed by atoms with E-state index in [9.17, 15) is 4.79 Å². The molecule has 4 heteroatoms. The molecule has 1 aromatic carbocycles. The fraction of sp³-hybridized carbons (Fsp3) is 0.167. The Kier molecular flexibility index (Phi) is 3.01. The molecule has 0 spiro atoms. The van der Waals surface area contributed by atoms with Crippen LogP contribution in [0.1, 0.15) is 20.9 Å². The summed E-state index contributed by atoms with van der Waals surface area (Å²) in [5, 5.41) is 5.14. The number of carbonyl (C=O) groups excluding carboxylic acids is 1. The second-order valence-electron chi connectivity index (χ2n) is 3.61. The summed E-state index contributed by atoms with van der Waals surface area (Å²) in [6.45, 7) is 3.97. The molecule has 1 aromatic heterocycles. The molecule has 0 aliphatic heterocycles. The molecular weight excluding hydrogens is 220 g/mol. The number of aryl methyl sites for hydroxylation is 2. The summed E-state index contributed by atoms with van der Waals surface area (Å²) >= 11 is 1.34. The lowest BCUT2D eigenvalue weighted by Crippen LogP contribution is -2.12. The van der Waals surface area contributed by atoms with E-state index in [1.165, 1.54) is 11.3 Å². The van der Waals surface area contributed by atoms with E-state index in [1.807, 2.05) is 32.0 Å². The Labute approximate surface area is 98.2 Å². The van der Waals surface area contributed by atoms with Crippen molar-refractivity contribution in [2.24, 2.45) is 0 Å². The summed E-state index contributed by atoms with van der Waals surface area (Å²) in [6.07, 6.45) is 1.63. The van der Waals surface area contributed by atoms with E-state index in [4.69, 9.17) is 0 Å². The predicted molar refractivity (Wildman–Crippen MR) is 66.0 cm³/mol. The molecular formula is C12H12N2OS. The lowest BCUT2D eigenvalue weighted by molar-refractivity contribution is 0.102. The third-order valence-electron chi connectivity index (χ3n) is 2.27. The Morgan fingerprint density at radius 1 is 1.38 bits per heavy atom. The Bertz CT molecular complexity index is 506. The van der Waals surface area contributed by atoms with Crippen LogP contribution in [-0.2, 0) is 0 Å². The number of benzene rings is 1. The van der Waals surface area contributed by atoms with Crippen LogP contribution in [0.5, 0.6) is 0 Å². The largest absolute Gasteiger partial charge is 0.320 e. The Hall–Kier alpha value is -1.68. The number of rotatable bonds is 2. The molecule has 0 fully saturated rings. The monoisotopic (exact) mass is 232 g/mol. The molecule has 0 unspecified atom stereocenters. The fourth-order valence-corrected chi connectivity index (χ4v) is 1.91. The van der Waals surface area contributed by atoms with Crippen LogP contribution in [0.3, 0.4) is 0 Å². The van der Waals surface area contributed by atoms with E-state index in [-0.39, 0.29) is 5.91 Å². The molecule has 0 saturated heterocycles. The van der Waals surface area contributed by atoms with E-state index >= 15 is 0 Å². The Morgan fingerprint density at radius 3 is 2.88 bits per heavy atom. The minimum atomic E-state index is -0.149. The normalized spacial score (nSPS) is 10.1. The van der Waals surface area contributed by atoms with E-state index in [0.717, 1.165) is 16.8 Å². The molecule has 1 N–H and O–H groups in total. The van der Waals surface area contributed by atoms with Gasteiger partial charge in [-0.05, 0) is 31.0 Å². The van der Waals surface area contributed by atoms with Crippen molar-refractivity contribution in [1.82, 2.24) is 4.98 Å². The van der Waals surface area contributed by atoms with Crippen molar-refractivity contribution in [3.05, 3.63) is 45.9 Å². The SMILES string of the molecule is Cc1ccc(C)c(NC(=O)c2nccs2)c1. The molecule has 0 bridgehead atoms. The standard InChI is InChI=1S/C12H12N2OS/c1-8-3-4-9(2)10(7-8)14-11(15)12-13-5-6-16-12/h3-7H,1-2H3,(H,14,15). The Balaban J connectivity index is 2.21. The van der Waals surface area contributed by atoms with Crippen molar-refractivity contribution < 1.29 is 4.79 Å². The van der Waals surface area contributed by atoms with Crippen molar-refractivity contribution in [2.75, 3.05) is 5.32 Å². The van der Waals surface area contributed by atoms with Crippen LogP contribution >= 0.6 is 11.3 Å². The highest BCUT2D eigenvalue weighted by molar-refractivity contribution is 7.11. The smallest absolute Gasteiger partial charge is 0.284 e. The lowest BCUT2D eigenvalue weighted by Gasteiger charge is -2.07. The quantitative estimate of drug-likeness (QED) is 0.864. The van der Waals surface area contributed by atoms with E-state index < -0.39 is 0 Å². The van der Waals surface area contributed by atoms with Gasteiger partial charge in [-0.2, -0.15) is 0 Å². The van der Waals surface area contributed by atoms with Gasteiger partial charge in [0.25, 0.3) is 5.91 Å². The number of anilines is 1. The number of amides is 1. The first-order chi connectivity index (χ1) is 7.66. The van der Waals surface area contributed by atoms with Crippen LogP contribution in [-0.4, -0.2) is 10.9 Å². The number of hydrogen-bond donors (Lipinski definition) is 1. The van der Waals surface area contributed by atoms with Crippen molar-refractivity contribution in [2.45, 2.75) is 13.8 Å². The van der Waals surface area contributed by atoms with Crippen LogP contribution in [0.2, 0.25) is 0 Å². The predicted octanol–water partition coefficient (Wildman–Crippen LogP) is 3.01. The van der Waals surface area contributed by atoms with Crippen LogP contribution in [0.15, 0.2) is 29.8 Å². The molecule has 1 amide bonds. The van der Waals surface area contributed by atoms with Gasteiger partial charge in [-0.15, -0.1) is 11.3 Å². The average Bonchev–Trinajstić information content (AvgIpc) is 2.76. The van der Waals surface area contributed by atoms with Gasteiger partial charge in [0.2, 0.25) is 0 Å². The zero-order valence-corrected chi connectivity index (χ0v) is 9.97. The molecule has 0 aliphatic carbocycles. The number of aromatic nitrogens is 1. The molecule has 0 atom stereocenters. The van der Waals surface area contributed by atoms with Gasteiger partial charge in [0.05, 0.1) is 0 Å². The number of carbonyl (C=O) groups is 1. The highest BCUT2D eigenvalue weighted by atomic mass is 32.1. The van der Waals surface area contributed by atoms with Crippen molar-refractivity contribution in [3.63, 3.8) is 0 Å². The Morgan fingerprint density at radius 2 is 2.19 bits per heavy atom. The summed E-state index contributed by atoms with van der Waals surface area (Å²) in [5.41, 5.74) is 3.02. The molecule has 1 heterocycles. The van der Waals surface area contributed by atoms with Crippen molar-refractivity contribution in [3.8, 4) is 0 Å². The third kappa shape index (κ3) is 2.28. The minimum absolute atomic E-state index is 0.149. The molecule has 0 radical (unpaired) electrons. The average molecular weight is 232 g/mol. The third-order valence-corrected chi connectivity index (χ3v) is 3.04. The zero-order chi connectivity index (χ0) is 11.5. The zero-order valence-electron chi connectivity index (χ0n) is 9.15. The molecule has 2 rings (SSSR count). The summed E-state index contributed by atoms with van der Waals surface area (Å²) in [7, 11) is 0. The first-order valence-corrected chi connectivity index (χ1v) is 5.83. The van der Waals surface area contributed by atoms with Gasteiger partial charge in [-0.3, -0.25) is 4.79 Å². The highest BCUT2D eigenvalue weighted by Gasteiger charge is 2.09. The van der Waals surface area contributed by atoms with E-state index in [0.29, 0.717) is 5.01 Å². The minimum Gasteiger partial charge on any atom is -0.320 e. The van der Waals surface area contributed by atoms with Gasteiger partial charge >= 0.3 is 0 Å². The molecule has 0 aliphatic rings. The first-order valence-electron chi connectivity index (χ1n) is 4.95. The summed E-state index contributed by atoms with van der Waals surface area (Å²) in [4.78, 5) is 15.7. The van der Waals surface area contributed by atoms with Crippen molar-refractivity contribution in [1.29, 1.82) is 0 Å². The number of hydrogen-bond acceptors (Lipinski definition) is 3. The van der Waals surface area contributed by atoms with Gasteiger partial charge in [-0.25, -0.2) is 4.98 Å². The maximum atomic E-state index is 11.8. The van der Waals surface area contributed by atoms with Gasteiger partial charge in [-0.1, -0.05) is 12.1 Å². The number of thiazole rings is 1. The summed E-state index contributed by atoms with van der Waals surface area (Å²) < 4.78 is 0. The second-order valence-corrected chi connectivity index (χ2v) is 4.50. The molecule has 3 nitrogen and oxygen atoms in total. The maximum Gasteiger partial charge on any atom is 0.284 e. The topological polar surface area (TPSA) is 42.0 Å². The number of nitrogens with one attached hydrogen (secondary N) is 1. The molecule has 2 aromatic rings. The molecule has 16 heavy (non-hydrogen) atoms. The van der Waals surface area contributed by atoms with E-state index in [2.05, 4.69) is 10.3 Å². The maximum absolute atomic E-state index is 11.8. The first kappa shape index (κ1) is 10.8. The van der Waals surface area contributed by atoms with Crippen molar-refractivity contribution >= 4 is 22.9 Å². The van der Waals surface area contributed by atoms with Gasteiger partial charge in [0, 0.05) is 17.3 Å². The second kappa shape index (κ2) is 4.45. The summed E-state index contributed by atoms with van der Waals surface area (Å²) in [6, 6.07) is 5.97. The summed E-state index contributed by atoms with van der Waals surface area (Å²) in [5.74, 6) is -0.149. The van der Waals surface area contributed by atoms with Gasteiger partial charge in [0.1, 0.15) is 0 Å². The highest BCUT2D eigenvalue weighted by Crippen LogP contribution is 2.17. The van der Waals surface area contributed by atoms with Gasteiger partial charge < -0.3 is 5.32 Å². The van der Waals surface area contributed by atoms with Gasteiger partial charge in [0.15, 0.2) is 5.01 Å².